The lowest BCUT2D eigenvalue weighted by Gasteiger charge is -2.06. The summed E-state index contributed by atoms with van der Waals surface area (Å²) >= 11 is 0. The molecule has 0 spiro atoms. The molecule has 2 aromatic carbocycles. The highest BCUT2D eigenvalue weighted by Gasteiger charge is 2.07. The molecule has 1 N–H and O–H groups in total. The number of rotatable bonds is 5. The molecule has 0 aliphatic heterocycles. The molecule has 0 atom stereocenters. The van der Waals surface area contributed by atoms with E-state index < -0.39 is 0 Å². The first-order chi connectivity index (χ1) is 9.76. The summed E-state index contributed by atoms with van der Waals surface area (Å²) in [5.41, 5.74) is 2.36. The third kappa shape index (κ3) is 3.06. The average Bonchev–Trinajstić information content (AvgIpc) is 2.52. The van der Waals surface area contributed by atoms with E-state index in [4.69, 9.17) is 4.74 Å². The second-order valence-corrected chi connectivity index (χ2v) is 4.24. The molecule has 0 aromatic heterocycles. The van der Waals surface area contributed by atoms with Gasteiger partial charge in [0.1, 0.15) is 5.75 Å². The van der Waals surface area contributed by atoms with Crippen LogP contribution in [0.3, 0.4) is 0 Å². The molecular formula is C17H17NO2. The first kappa shape index (κ1) is 13.9. The lowest BCUT2D eigenvalue weighted by Crippen LogP contribution is -2.00. The Bertz CT molecular complexity index is 632. The zero-order valence-corrected chi connectivity index (χ0v) is 11.6. The van der Waals surface area contributed by atoms with Gasteiger partial charge >= 0.3 is 0 Å². The van der Waals surface area contributed by atoms with Crippen molar-refractivity contribution in [3.8, 4) is 5.75 Å². The van der Waals surface area contributed by atoms with E-state index in [0.717, 1.165) is 17.0 Å². The Morgan fingerprint density at radius 1 is 1.10 bits per heavy atom. The van der Waals surface area contributed by atoms with Crippen LogP contribution in [-0.2, 0) is 0 Å². The minimum atomic E-state index is -0.0409. The van der Waals surface area contributed by atoms with Crippen LogP contribution in [0.15, 0.2) is 54.6 Å². The molecule has 2 aromatic rings. The van der Waals surface area contributed by atoms with Crippen molar-refractivity contribution in [2.75, 3.05) is 19.5 Å². The van der Waals surface area contributed by atoms with Crippen LogP contribution in [0.25, 0.3) is 6.08 Å². The SMILES string of the molecule is CNc1ccccc1C(=O)C=Cc1ccccc1OC. The molecule has 3 heteroatoms. The first-order valence-corrected chi connectivity index (χ1v) is 6.38. The molecule has 0 radical (unpaired) electrons. The Balaban J connectivity index is 2.25. The fourth-order valence-electron chi connectivity index (χ4n) is 1.98. The number of hydrogen-bond acceptors (Lipinski definition) is 3. The van der Waals surface area contributed by atoms with Gasteiger partial charge in [-0.25, -0.2) is 0 Å². The van der Waals surface area contributed by atoms with Crippen molar-refractivity contribution in [1.29, 1.82) is 0 Å². The summed E-state index contributed by atoms with van der Waals surface area (Å²) in [7, 11) is 3.42. The van der Waals surface area contributed by atoms with Crippen molar-refractivity contribution < 1.29 is 9.53 Å². The Kier molecular flexibility index (Phi) is 4.56. The molecule has 0 saturated heterocycles. The summed E-state index contributed by atoms with van der Waals surface area (Å²) in [5.74, 6) is 0.708. The summed E-state index contributed by atoms with van der Waals surface area (Å²) in [5, 5.41) is 3.02. The van der Waals surface area contributed by atoms with E-state index in [9.17, 15) is 4.79 Å². The highest BCUT2D eigenvalue weighted by atomic mass is 16.5. The van der Waals surface area contributed by atoms with E-state index in [2.05, 4.69) is 5.32 Å². The van der Waals surface area contributed by atoms with E-state index >= 15 is 0 Å². The normalized spacial score (nSPS) is 10.5. The zero-order chi connectivity index (χ0) is 14.4. The summed E-state index contributed by atoms with van der Waals surface area (Å²) < 4.78 is 5.25. The van der Waals surface area contributed by atoms with Gasteiger partial charge in [-0.05, 0) is 30.4 Å². The van der Waals surface area contributed by atoms with Crippen LogP contribution in [0.2, 0.25) is 0 Å². The smallest absolute Gasteiger partial charge is 0.187 e. The standard InChI is InChI=1S/C17H17NO2/c1-18-15-9-5-4-8-14(15)16(19)12-11-13-7-3-6-10-17(13)20-2/h3-12,18H,1-2H3. The maximum Gasteiger partial charge on any atom is 0.187 e. The highest BCUT2D eigenvalue weighted by molar-refractivity contribution is 6.10. The third-order valence-corrected chi connectivity index (χ3v) is 3.02. The van der Waals surface area contributed by atoms with Crippen molar-refractivity contribution in [3.05, 3.63) is 65.7 Å². The number of carbonyl (C=O) groups excluding carboxylic acids is 1. The molecule has 0 bridgehead atoms. The molecule has 102 valence electrons. The lowest BCUT2D eigenvalue weighted by atomic mass is 10.1. The van der Waals surface area contributed by atoms with Crippen molar-refractivity contribution in [3.63, 3.8) is 0 Å². The molecule has 0 amide bonds. The van der Waals surface area contributed by atoms with Crippen molar-refractivity contribution in [1.82, 2.24) is 0 Å². The molecule has 0 aliphatic rings. The molecule has 20 heavy (non-hydrogen) atoms. The van der Waals surface area contributed by atoms with Gasteiger partial charge < -0.3 is 10.1 Å². The number of benzene rings is 2. The zero-order valence-electron chi connectivity index (χ0n) is 11.6. The van der Waals surface area contributed by atoms with Gasteiger partial charge in [0.15, 0.2) is 5.78 Å². The average molecular weight is 267 g/mol. The van der Waals surface area contributed by atoms with Gasteiger partial charge in [-0.1, -0.05) is 30.3 Å². The van der Waals surface area contributed by atoms with Crippen LogP contribution >= 0.6 is 0 Å². The number of allylic oxidation sites excluding steroid dienone is 1. The molecular weight excluding hydrogens is 250 g/mol. The number of hydrogen-bond donors (Lipinski definition) is 1. The molecule has 0 fully saturated rings. The van der Waals surface area contributed by atoms with Crippen LogP contribution in [0.1, 0.15) is 15.9 Å². The van der Waals surface area contributed by atoms with E-state index in [0.29, 0.717) is 5.56 Å². The minimum absolute atomic E-state index is 0.0409. The lowest BCUT2D eigenvalue weighted by molar-refractivity contribution is 0.104. The Labute approximate surface area is 118 Å². The molecule has 0 heterocycles. The highest BCUT2D eigenvalue weighted by Crippen LogP contribution is 2.20. The largest absolute Gasteiger partial charge is 0.496 e. The monoisotopic (exact) mass is 267 g/mol. The van der Waals surface area contributed by atoms with Gasteiger partial charge in [0.2, 0.25) is 0 Å². The summed E-state index contributed by atoms with van der Waals surface area (Å²) in [6.07, 6.45) is 3.33. The van der Waals surface area contributed by atoms with E-state index in [1.807, 2.05) is 42.5 Å². The predicted molar refractivity (Wildman–Crippen MR) is 82.3 cm³/mol. The predicted octanol–water partition coefficient (Wildman–Crippen LogP) is 3.63. The van der Waals surface area contributed by atoms with Crippen molar-refractivity contribution in [2.24, 2.45) is 0 Å². The minimum Gasteiger partial charge on any atom is -0.496 e. The molecule has 2 rings (SSSR count). The number of para-hydroxylation sites is 2. The molecule has 0 unspecified atom stereocenters. The second-order valence-electron chi connectivity index (χ2n) is 4.24. The van der Waals surface area contributed by atoms with E-state index in [1.54, 1.807) is 32.4 Å². The van der Waals surface area contributed by atoms with Crippen molar-refractivity contribution in [2.45, 2.75) is 0 Å². The first-order valence-electron chi connectivity index (χ1n) is 6.38. The van der Waals surface area contributed by atoms with Crippen molar-refractivity contribution >= 4 is 17.5 Å². The van der Waals surface area contributed by atoms with Gasteiger partial charge in [-0.2, -0.15) is 0 Å². The Morgan fingerprint density at radius 3 is 2.55 bits per heavy atom. The van der Waals surface area contributed by atoms with E-state index in [1.165, 1.54) is 0 Å². The summed E-state index contributed by atoms with van der Waals surface area (Å²) in [6.45, 7) is 0. The number of methoxy groups -OCH3 is 1. The molecule has 3 nitrogen and oxygen atoms in total. The molecule has 0 saturated carbocycles. The maximum atomic E-state index is 12.2. The second kappa shape index (κ2) is 6.57. The summed E-state index contributed by atoms with van der Waals surface area (Å²) in [6, 6.07) is 15.0. The number of ether oxygens (including phenoxy) is 1. The fraction of sp³-hybridized carbons (Fsp3) is 0.118. The number of anilines is 1. The van der Waals surface area contributed by atoms with Crippen LogP contribution in [0.5, 0.6) is 5.75 Å². The topological polar surface area (TPSA) is 38.3 Å². The Morgan fingerprint density at radius 2 is 1.80 bits per heavy atom. The quantitative estimate of drug-likeness (QED) is 0.664. The van der Waals surface area contributed by atoms with Gasteiger partial charge in [0.25, 0.3) is 0 Å². The van der Waals surface area contributed by atoms with Gasteiger partial charge in [-0.15, -0.1) is 0 Å². The molecule has 0 aliphatic carbocycles. The van der Waals surface area contributed by atoms with Crippen LogP contribution in [0, 0.1) is 0 Å². The van der Waals surface area contributed by atoms with Gasteiger partial charge in [-0.3, -0.25) is 4.79 Å². The number of carbonyl (C=O) groups is 1. The number of nitrogens with one attached hydrogen (secondary N) is 1. The summed E-state index contributed by atoms with van der Waals surface area (Å²) in [4.78, 5) is 12.2. The van der Waals surface area contributed by atoms with Gasteiger partial charge in [0.05, 0.1) is 7.11 Å². The van der Waals surface area contributed by atoms with Gasteiger partial charge in [0, 0.05) is 23.9 Å². The Hall–Kier alpha value is -2.55. The third-order valence-electron chi connectivity index (χ3n) is 3.02. The van der Waals surface area contributed by atoms with Crippen LogP contribution in [0.4, 0.5) is 5.69 Å². The maximum absolute atomic E-state index is 12.2. The van der Waals surface area contributed by atoms with Crippen LogP contribution in [-0.4, -0.2) is 19.9 Å². The van der Waals surface area contributed by atoms with Crippen LogP contribution < -0.4 is 10.1 Å². The fourth-order valence-corrected chi connectivity index (χ4v) is 1.98. The van der Waals surface area contributed by atoms with E-state index in [-0.39, 0.29) is 5.78 Å². The number of ketones is 1.